The third-order valence-electron chi connectivity index (χ3n) is 4.50. The van der Waals surface area contributed by atoms with Gasteiger partial charge in [0.05, 0.1) is 13.2 Å². The van der Waals surface area contributed by atoms with E-state index in [0.29, 0.717) is 62.1 Å². The minimum Gasteiger partial charge on any atom is -0.378 e. The van der Waals surface area contributed by atoms with E-state index in [4.69, 9.17) is 9.26 Å². The molecule has 27 heavy (non-hydrogen) atoms. The second-order valence-electron chi connectivity index (χ2n) is 6.26. The fraction of sp³-hybridized carbons (Fsp3) is 0.474. The normalized spacial score (nSPS) is 14.2. The van der Waals surface area contributed by atoms with Crippen LogP contribution in [0.3, 0.4) is 0 Å². The van der Waals surface area contributed by atoms with Gasteiger partial charge in [0.1, 0.15) is 6.54 Å². The first-order chi connectivity index (χ1) is 13.1. The van der Waals surface area contributed by atoms with E-state index in [1.165, 1.54) is 0 Å². The Kier molecular flexibility index (Phi) is 6.18. The molecule has 2 amide bonds. The zero-order valence-electron chi connectivity index (χ0n) is 15.7. The van der Waals surface area contributed by atoms with Crippen LogP contribution >= 0.6 is 0 Å². The van der Waals surface area contributed by atoms with Crippen molar-refractivity contribution in [2.75, 3.05) is 32.8 Å². The third-order valence-corrected chi connectivity index (χ3v) is 4.50. The average Bonchev–Trinajstić information content (AvgIpc) is 3.19. The van der Waals surface area contributed by atoms with Crippen LogP contribution in [-0.2, 0) is 17.7 Å². The average molecular weight is 372 g/mol. The number of benzene rings is 1. The van der Waals surface area contributed by atoms with Gasteiger partial charge < -0.3 is 19.1 Å². The molecule has 8 nitrogen and oxygen atoms in total. The van der Waals surface area contributed by atoms with Crippen LogP contribution in [0.25, 0.3) is 0 Å². The molecule has 3 rings (SSSR count). The van der Waals surface area contributed by atoms with E-state index in [-0.39, 0.29) is 18.4 Å². The van der Waals surface area contributed by atoms with Crippen LogP contribution < -0.4 is 0 Å². The summed E-state index contributed by atoms with van der Waals surface area (Å²) in [7, 11) is 0. The van der Waals surface area contributed by atoms with Crippen molar-refractivity contribution in [1.82, 2.24) is 19.9 Å². The number of ether oxygens (including phenoxy) is 1. The molecule has 1 aromatic carbocycles. The van der Waals surface area contributed by atoms with Crippen molar-refractivity contribution < 1.29 is 18.8 Å². The molecule has 1 aliphatic heterocycles. The Hall–Kier alpha value is -2.74. The molecule has 0 atom stereocenters. The number of carbonyl (C=O) groups excluding carboxylic acids is 2. The Morgan fingerprint density at radius 3 is 2.37 bits per heavy atom. The van der Waals surface area contributed by atoms with Gasteiger partial charge in [-0.25, -0.2) is 0 Å². The highest BCUT2D eigenvalue weighted by molar-refractivity contribution is 5.97. The van der Waals surface area contributed by atoms with Crippen molar-refractivity contribution in [2.24, 2.45) is 0 Å². The van der Waals surface area contributed by atoms with E-state index in [2.05, 4.69) is 10.1 Å². The Balaban J connectivity index is 1.67. The van der Waals surface area contributed by atoms with Crippen molar-refractivity contribution in [3.05, 3.63) is 47.1 Å². The molecule has 0 saturated carbocycles. The number of hydrogen-bond acceptors (Lipinski definition) is 6. The third kappa shape index (κ3) is 4.51. The fourth-order valence-corrected chi connectivity index (χ4v) is 2.88. The van der Waals surface area contributed by atoms with E-state index in [1.54, 1.807) is 34.1 Å². The first-order valence-electron chi connectivity index (χ1n) is 9.20. The first-order valence-corrected chi connectivity index (χ1v) is 9.20. The fourth-order valence-electron chi connectivity index (χ4n) is 2.88. The molecule has 144 valence electrons. The molecular weight excluding hydrogens is 348 g/mol. The van der Waals surface area contributed by atoms with Gasteiger partial charge in [-0.05, 0) is 31.2 Å². The number of morpholine rings is 1. The largest absolute Gasteiger partial charge is 0.378 e. The summed E-state index contributed by atoms with van der Waals surface area (Å²) in [5.41, 5.74) is 1.09. The monoisotopic (exact) mass is 372 g/mol. The minimum atomic E-state index is -0.140. The lowest BCUT2D eigenvalue weighted by molar-refractivity contribution is 0.0303. The molecule has 0 N–H and O–H groups in total. The molecular formula is C19H24N4O4. The van der Waals surface area contributed by atoms with Crippen molar-refractivity contribution in [2.45, 2.75) is 26.8 Å². The number of aromatic nitrogens is 2. The molecule has 1 fully saturated rings. The Morgan fingerprint density at radius 2 is 1.78 bits per heavy atom. The van der Waals surface area contributed by atoms with Crippen molar-refractivity contribution in [1.29, 1.82) is 0 Å². The maximum Gasteiger partial charge on any atom is 0.254 e. The molecule has 1 aliphatic rings. The van der Waals surface area contributed by atoms with E-state index in [0.717, 1.165) is 0 Å². The van der Waals surface area contributed by atoms with Crippen molar-refractivity contribution in [3.63, 3.8) is 0 Å². The maximum absolute atomic E-state index is 12.8. The molecule has 1 saturated heterocycles. The summed E-state index contributed by atoms with van der Waals surface area (Å²) < 4.78 is 10.4. The highest BCUT2D eigenvalue weighted by atomic mass is 16.5. The van der Waals surface area contributed by atoms with Crippen molar-refractivity contribution >= 4 is 11.8 Å². The number of amides is 2. The number of aryl methyl sites for hydroxylation is 1. The molecule has 0 unspecified atom stereocenters. The van der Waals surface area contributed by atoms with Crippen LogP contribution in [0.1, 0.15) is 46.3 Å². The van der Waals surface area contributed by atoms with Crippen LogP contribution in [0, 0.1) is 0 Å². The predicted molar refractivity (Wildman–Crippen MR) is 97.3 cm³/mol. The predicted octanol–water partition coefficient (Wildman–Crippen LogP) is 1.77. The summed E-state index contributed by atoms with van der Waals surface area (Å²) in [6.45, 7) is 6.91. The molecule has 0 aliphatic carbocycles. The second kappa shape index (κ2) is 8.77. The van der Waals surface area contributed by atoms with Crippen LogP contribution in [0.15, 0.2) is 28.8 Å². The van der Waals surface area contributed by atoms with Gasteiger partial charge in [0.2, 0.25) is 5.89 Å². The standard InChI is InChI=1S/C19H24N4O4/c1-3-16-20-17(27-21-16)13-22(4-2)18(24)14-5-7-15(8-6-14)19(25)23-9-11-26-12-10-23/h5-8H,3-4,9-13H2,1-2H3. The van der Waals surface area contributed by atoms with E-state index in [1.807, 2.05) is 13.8 Å². The molecule has 1 aromatic heterocycles. The quantitative estimate of drug-likeness (QED) is 0.768. The van der Waals surface area contributed by atoms with Crippen LogP contribution in [0.5, 0.6) is 0 Å². The van der Waals surface area contributed by atoms with E-state index in [9.17, 15) is 9.59 Å². The molecule has 0 radical (unpaired) electrons. The Bertz CT molecular complexity index is 781. The van der Waals surface area contributed by atoms with Gasteiger partial charge in [0.15, 0.2) is 5.82 Å². The zero-order valence-corrected chi connectivity index (χ0v) is 15.7. The Labute approximate surface area is 158 Å². The summed E-state index contributed by atoms with van der Waals surface area (Å²) >= 11 is 0. The molecule has 2 aromatic rings. The van der Waals surface area contributed by atoms with Gasteiger partial charge in [0.25, 0.3) is 11.8 Å². The van der Waals surface area contributed by atoms with Gasteiger partial charge in [-0.3, -0.25) is 9.59 Å². The van der Waals surface area contributed by atoms with Crippen LogP contribution in [-0.4, -0.2) is 64.6 Å². The molecule has 8 heteroatoms. The second-order valence-corrected chi connectivity index (χ2v) is 6.26. The molecule has 0 bridgehead atoms. The van der Waals surface area contributed by atoms with Gasteiger partial charge in [-0.15, -0.1) is 0 Å². The SMILES string of the molecule is CCc1noc(CN(CC)C(=O)c2ccc(C(=O)N3CCOCC3)cc2)n1. The molecule has 0 spiro atoms. The van der Waals surface area contributed by atoms with Crippen LogP contribution in [0.2, 0.25) is 0 Å². The summed E-state index contributed by atoms with van der Waals surface area (Å²) in [4.78, 5) is 32.9. The molecule has 2 heterocycles. The van der Waals surface area contributed by atoms with Gasteiger partial charge in [-0.2, -0.15) is 4.98 Å². The summed E-state index contributed by atoms with van der Waals surface area (Å²) in [6, 6.07) is 6.76. The lowest BCUT2D eigenvalue weighted by Crippen LogP contribution is -2.40. The van der Waals surface area contributed by atoms with E-state index >= 15 is 0 Å². The topological polar surface area (TPSA) is 88.8 Å². The minimum absolute atomic E-state index is 0.0393. The lowest BCUT2D eigenvalue weighted by Gasteiger charge is -2.27. The van der Waals surface area contributed by atoms with E-state index < -0.39 is 0 Å². The zero-order chi connectivity index (χ0) is 19.2. The number of nitrogens with zero attached hydrogens (tertiary/aromatic N) is 4. The van der Waals surface area contributed by atoms with Gasteiger partial charge in [-0.1, -0.05) is 12.1 Å². The summed E-state index contributed by atoms with van der Waals surface area (Å²) in [5, 5.41) is 3.85. The van der Waals surface area contributed by atoms with Crippen LogP contribution in [0.4, 0.5) is 0 Å². The van der Waals surface area contributed by atoms with Gasteiger partial charge >= 0.3 is 0 Å². The highest BCUT2D eigenvalue weighted by Gasteiger charge is 2.21. The smallest absolute Gasteiger partial charge is 0.254 e. The number of carbonyl (C=O) groups is 2. The first kappa shape index (κ1) is 19.0. The Morgan fingerprint density at radius 1 is 1.11 bits per heavy atom. The highest BCUT2D eigenvalue weighted by Crippen LogP contribution is 2.13. The maximum atomic E-state index is 12.8. The van der Waals surface area contributed by atoms with Gasteiger partial charge in [0, 0.05) is 37.2 Å². The van der Waals surface area contributed by atoms with Crippen molar-refractivity contribution in [3.8, 4) is 0 Å². The summed E-state index contributed by atoms with van der Waals surface area (Å²) in [5.74, 6) is 0.863. The number of hydrogen-bond donors (Lipinski definition) is 0. The lowest BCUT2D eigenvalue weighted by atomic mass is 10.1. The summed E-state index contributed by atoms with van der Waals surface area (Å²) in [6.07, 6.45) is 0.683. The number of rotatable bonds is 6.